The number of hydrogen-bond donors (Lipinski definition) is 1. The molecule has 6 heteroatoms. The van der Waals surface area contributed by atoms with E-state index in [-0.39, 0.29) is 0 Å². The van der Waals surface area contributed by atoms with Gasteiger partial charge in [-0.15, -0.1) is 0 Å². The molecule has 0 atom stereocenters. The van der Waals surface area contributed by atoms with Crippen LogP contribution in [-0.4, -0.2) is 28.5 Å². The number of benzene rings is 1. The fraction of sp³-hybridized carbons (Fsp3) is 0.174. The molecule has 0 fully saturated rings. The van der Waals surface area contributed by atoms with Gasteiger partial charge in [0.2, 0.25) is 5.95 Å². The highest BCUT2D eigenvalue weighted by Gasteiger charge is 2.11. The Morgan fingerprint density at radius 2 is 1.79 bits per heavy atom. The highest BCUT2D eigenvalue weighted by molar-refractivity contribution is 5.64. The number of anilines is 2. The minimum Gasteiger partial charge on any atom is -0.467 e. The predicted octanol–water partition coefficient (Wildman–Crippen LogP) is 4.42. The van der Waals surface area contributed by atoms with Crippen LogP contribution in [0.15, 0.2) is 83.7 Å². The molecule has 0 saturated heterocycles. The van der Waals surface area contributed by atoms with Crippen molar-refractivity contribution >= 4 is 11.8 Å². The lowest BCUT2D eigenvalue weighted by Crippen LogP contribution is -2.22. The topological polar surface area (TPSA) is 67.1 Å². The van der Waals surface area contributed by atoms with E-state index in [2.05, 4.69) is 34.4 Å². The van der Waals surface area contributed by atoms with Crippen molar-refractivity contribution in [1.82, 2.24) is 15.0 Å². The number of likely N-dealkylation sites (N-methyl/N-ethyl adjacent to an activating group) is 1. The average molecular weight is 385 g/mol. The van der Waals surface area contributed by atoms with Gasteiger partial charge in [-0.25, -0.2) is 4.98 Å². The molecule has 0 aliphatic heterocycles. The third-order valence-corrected chi connectivity index (χ3v) is 4.66. The lowest BCUT2D eigenvalue weighted by molar-refractivity contribution is 0.517. The number of nitrogens with zero attached hydrogens (tertiary/aromatic N) is 4. The summed E-state index contributed by atoms with van der Waals surface area (Å²) in [6, 6.07) is 20.0. The van der Waals surface area contributed by atoms with E-state index in [1.54, 1.807) is 6.26 Å². The van der Waals surface area contributed by atoms with Crippen LogP contribution in [0.5, 0.6) is 0 Å². The fourth-order valence-corrected chi connectivity index (χ4v) is 3.01. The summed E-state index contributed by atoms with van der Waals surface area (Å²) in [4.78, 5) is 15.6. The first-order chi connectivity index (χ1) is 14.3. The Hall–Kier alpha value is -3.67. The number of nitrogens with one attached hydrogen (secondary N) is 1. The van der Waals surface area contributed by atoms with E-state index < -0.39 is 0 Å². The predicted molar refractivity (Wildman–Crippen MR) is 115 cm³/mol. The van der Waals surface area contributed by atoms with E-state index in [1.807, 2.05) is 60.9 Å². The van der Waals surface area contributed by atoms with E-state index >= 15 is 0 Å². The Morgan fingerprint density at radius 3 is 2.55 bits per heavy atom. The van der Waals surface area contributed by atoms with Crippen LogP contribution in [0.4, 0.5) is 11.8 Å². The summed E-state index contributed by atoms with van der Waals surface area (Å²) in [5.74, 6) is 2.29. The Kier molecular flexibility index (Phi) is 5.81. The molecule has 0 spiro atoms. The summed E-state index contributed by atoms with van der Waals surface area (Å²) in [7, 11) is 2.05. The van der Waals surface area contributed by atoms with Gasteiger partial charge in [-0.05, 0) is 36.2 Å². The summed E-state index contributed by atoms with van der Waals surface area (Å²) in [6.07, 6.45) is 6.23. The monoisotopic (exact) mass is 385 g/mol. The van der Waals surface area contributed by atoms with Crippen molar-refractivity contribution in [3.63, 3.8) is 0 Å². The van der Waals surface area contributed by atoms with Gasteiger partial charge >= 0.3 is 0 Å². The van der Waals surface area contributed by atoms with Crippen molar-refractivity contribution in [1.29, 1.82) is 0 Å². The molecule has 146 valence electrons. The molecule has 1 N–H and O–H groups in total. The minimum absolute atomic E-state index is 0.533. The maximum atomic E-state index is 5.40. The van der Waals surface area contributed by atoms with E-state index in [9.17, 15) is 0 Å². The summed E-state index contributed by atoms with van der Waals surface area (Å²) >= 11 is 0. The third kappa shape index (κ3) is 4.99. The molecular weight excluding hydrogens is 362 g/mol. The molecule has 4 rings (SSSR count). The zero-order valence-electron chi connectivity index (χ0n) is 16.3. The highest BCUT2D eigenvalue weighted by Crippen LogP contribution is 2.23. The van der Waals surface area contributed by atoms with Crippen LogP contribution in [0.2, 0.25) is 0 Å². The first kappa shape index (κ1) is 18.7. The van der Waals surface area contributed by atoms with Crippen LogP contribution in [0.25, 0.3) is 11.3 Å². The first-order valence-electron chi connectivity index (χ1n) is 9.59. The molecule has 3 heterocycles. The molecule has 29 heavy (non-hydrogen) atoms. The highest BCUT2D eigenvalue weighted by atomic mass is 16.3. The Bertz CT molecular complexity index is 1020. The van der Waals surface area contributed by atoms with Gasteiger partial charge in [-0.3, -0.25) is 4.98 Å². The second-order valence-corrected chi connectivity index (χ2v) is 6.76. The Labute approximate surface area is 170 Å². The molecule has 3 aromatic heterocycles. The molecule has 0 aliphatic carbocycles. The number of hydrogen-bond acceptors (Lipinski definition) is 6. The van der Waals surface area contributed by atoms with Gasteiger partial charge < -0.3 is 14.6 Å². The normalized spacial score (nSPS) is 10.7. The van der Waals surface area contributed by atoms with Crippen molar-refractivity contribution in [2.45, 2.75) is 13.0 Å². The average Bonchev–Trinajstić information content (AvgIpc) is 3.31. The van der Waals surface area contributed by atoms with Crippen LogP contribution < -0.4 is 10.2 Å². The van der Waals surface area contributed by atoms with E-state index in [4.69, 9.17) is 14.4 Å². The van der Waals surface area contributed by atoms with Crippen LogP contribution in [0.1, 0.15) is 11.3 Å². The molecule has 0 aliphatic rings. The van der Waals surface area contributed by atoms with Gasteiger partial charge in [0, 0.05) is 37.6 Å². The fourth-order valence-electron chi connectivity index (χ4n) is 3.01. The zero-order valence-corrected chi connectivity index (χ0v) is 16.3. The second kappa shape index (κ2) is 9.01. The van der Waals surface area contributed by atoms with Crippen LogP contribution in [0.3, 0.4) is 0 Å². The molecule has 0 bridgehead atoms. The zero-order chi connectivity index (χ0) is 19.9. The van der Waals surface area contributed by atoms with Crippen molar-refractivity contribution in [3.05, 3.63) is 90.6 Å². The number of pyridine rings is 1. The first-order valence-corrected chi connectivity index (χ1v) is 9.59. The van der Waals surface area contributed by atoms with Crippen molar-refractivity contribution in [2.75, 3.05) is 23.8 Å². The van der Waals surface area contributed by atoms with Gasteiger partial charge in [0.15, 0.2) is 0 Å². The molecule has 0 radical (unpaired) electrons. The molecular formula is C23H23N5O. The van der Waals surface area contributed by atoms with Gasteiger partial charge in [-0.2, -0.15) is 4.98 Å². The van der Waals surface area contributed by atoms with Crippen molar-refractivity contribution in [2.24, 2.45) is 0 Å². The maximum absolute atomic E-state index is 5.40. The molecule has 0 saturated carbocycles. The number of furan rings is 1. The molecule has 0 amide bonds. The van der Waals surface area contributed by atoms with Gasteiger partial charge in [0.1, 0.15) is 11.6 Å². The molecule has 4 aromatic rings. The van der Waals surface area contributed by atoms with E-state index in [1.165, 1.54) is 5.56 Å². The Morgan fingerprint density at radius 1 is 0.966 bits per heavy atom. The van der Waals surface area contributed by atoms with Crippen LogP contribution in [0, 0.1) is 0 Å². The van der Waals surface area contributed by atoms with Gasteiger partial charge in [-0.1, -0.05) is 30.3 Å². The quantitative estimate of drug-likeness (QED) is 0.484. The smallest absolute Gasteiger partial charge is 0.225 e. The summed E-state index contributed by atoms with van der Waals surface area (Å²) in [5.41, 5.74) is 3.19. The molecule has 6 nitrogen and oxygen atoms in total. The summed E-state index contributed by atoms with van der Waals surface area (Å²) < 4.78 is 5.40. The van der Waals surface area contributed by atoms with E-state index in [0.29, 0.717) is 12.5 Å². The second-order valence-electron chi connectivity index (χ2n) is 6.76. The Balaban J connectivity index is 1.56. The minimum atomic E-state index is 0.533. The molecule has 0 unspecified atom stereocenters. The summed E-state index contributed by atoms with van der Waals surface area (Å²) in [6.45, 7) is 1.37. The maximum Gasteiger partial charge on any atom is 0.225 e. The summed E-state index contributed by atoms with van der Waals surface area (Å²) in [5, 5.41) is 3.28. The van der Waals surface area contributed by atoms with Crippen LogP contribution in [-0.2, 0) is 13.0 Å². The third-order valence-electron chi connectivity index (χ3n) is 4.66. The SMILES string of the molecule is CN(CCc1ccncc1)c1cc(-c2ccccc2)nc(NCc2ccco2)n1. The van der Waals surface area contributed by atoms with Crippen molar-refractivity contribution in [3.8, 4) is 11.3 Å². The molecule has 1 aromatic carbocycles. The lowest BCUT2D eigenvalue weighted by atomic mass is 10.1. The standard InChI is InChI=1S/C23H23N5O/c1-28(14-11-18-9-12-24-13-10-18)22-16-21(19-6-3-2-4-7-19)26-23(27-22)25-17-20-8-5-15-29-20/h2-10,12-13,15-16H,11,14,17H2,1H3,(H,25,26,27). The van der Waals surface area contributed by atoms with Crippen LogP contribution >= 0.6 is 0 Å². The van der Waals surface area contributed by atoms with E-state index in [0.717, 1.165) is 35.8 Å². The van der Waals surface area contributed by atoms with Gasteiger partial charge in [0.25, 0.3) is 0 Å². The number of rotatable bonds is 8. The largest absolute Gasteiger partial charge is 0.467 e. The van der Waals surface area contributed by atoms with Crippen molar-refractivity contribution < 1.29 is 4.42 Å². The number of aromatic nitrogens is 3. The van der Waals surface area contributed by atoms with Gasteiger partial charge in [0.05, 0.1) is 18.5 Å². The lowest BCUT2D eigenvalue weighted by Gasteiger charge is -2.20.